The first-order valence-electron chi connectivity index (χ1n) is 5.26. The summed E-state index contributed by atoms with van der Waals surface area (Å²) >= 11 is 0. The second kappa shape index (κ2) is 4.79. The van der Waals surface area contributed by atoms with Crippen LogP contribution in [0.3, 0.4) is 0 Å². The Labute approximate surface area is 106 Å². The van der Waals surface area contributed by atoms with Gasteiger partial charge in [-0.3, -0.25) is 0 Å². The fourth-order valence-corrected chi connectivity index (χ4v) is 1.46. The van der Waals surface area contributed by atoms with Crippen LogP contribution in [0.1, 0.15) is 5.56 Å². The molecule has 2 rings (SSSR count). The van der Waals surface area contributed by atoms with Crippen LogP contribution in [0.4, 0.5) is 23.2 Å². The highest BCUT2D eigenvalue weighted by molar-refractivity contribution is 5.55. The molecule has 6 heteroatoms. The van der Waals surface area contributed by atoms with Crippen molar-refractivity contribution in [2.24, 2.45) is 0 Å². The van der Waals surface area contributed by atoms with Gasteiger partial charge in [-0.15, -0.1) is 0 Å². The molecule has 0 aliphatic carbocycles. The zero-order valence-corrected chi connectivity index (χ0v) is 9.54. The van der Waals surface area contributed by atoms with Crippen molar-refractivity contribution >= 4 is 5.69 Å². The molecule has 0 unspecified atom stereocenters. The van der Waals surface area contributed by atoms with Crippen molar-refractivity contribution in [1.29, 1.82) is 0 Å². The van der Waals surface area contributed by atoms with E-state index in [1.807, 2.05) is 0 Å². The van der Waals surface area contributed by atoms with Crippen LogP contribution in [0, 0.1) is 5.82 Å². The Balaban J connectivity index is 2.34. The summed E-state index contributed by atoms with van der Waals surface area (Å²) in [6.07, 6.45) is -4.49. The van der Waals surface area contributed by atoms with Crippen molar-refractivity contribution in [2.75, 3.05) is 5.73 Å². The maximum atomic E-state index is 12.9. The molecule has 0 atom stereocenters. The van der Waals surface area contributed by atoms with Gasteiger partial charge in [-0.25, -0.2) is 4.39 Å². The van der Waals surface area contributed by atoms with Gasteiger partial charge in [0, 0.05) is 6.07 Å². The number of rotatable bonds is 2. The average Bonchev–Trinajstić information content (AvgIpc) is 2.30. The van der Waals surface area contributed by atoms with Crippen LogP contribution < -0.4 is 10.5 Å². The SMILES string of the molecule is Nc1ccc(C(F)(F)F)cc1Oc1cccc(F)c1. The molecule has 0 radical (unpaired) electrons. The molecular weight excluding hydrogens is 262 g/mol. The molecule has 2 N–H and O–H groups in total. The molecule has 0 heterocycles. The minimum absolute atomic E-state index is 0.0391. The number of halogens is 4. The molecule has 2 nitrogen and oxygen atoms in total. The summed E-state index contributed by atoms with van der Waals surface area (Å²) in [6.45, 7) is 0. The Morgan fingerprint density at radius 2 is 1.74 bits per heavy atom. The summed E-state index contributed by atoms with van der Waals surface area (Å²) in [5.41, 5.74) is 4.69. The maximum absolute atomic E-state index is 12.9. The molecule has 0 aromatic heterocycles. The fourth-order valence-electron chi connectivity index (χ4n) is 1.46. The van der Waals surface area contributed by atoms with Crippen molar-refractivity contribution in [3.63, 3.8) is 0 Å². The lowest BCUT2D eigenvalue weighted by molar-refractivity contribution is -0.137. The average molecular weight is 271 g/mol. The first-order valence-corrected chi connectivity index (χ1v) is 5.26. The van der Waals surface area contributed by atoms with Gasteiger partial charge in [0.05, 0.1) is 11.3 Å². The van der Waals surface area contributed by atoms with Gasteiger partial charge in [-0.2, -0.15) is 13.2 Å². The summed E-state index contributed by atoms with van der Waals surface area (Å²) < 4.78 is 55.7. The Bertz CT molecular complexity index is 595. The van der Waals surface area contributed by atoms with Crippen molar-refractivity contribution in [3.8, 4) is 11.5 Å². The molecule has 0 saturated heterocycles. The third-order valence-corrected chi connectivity index (χ3v) is 2.36. The van der Waals surface area contributed by atoms with Gasteiger partial charge >= 0.3 is 6.18 Å². The zero-order valence-electron chi connectivity index (χ0n) is 9.54. The topological polar surface area (TPSA) is 35.2 Å². The number of anilines is 1. The third-order valence-electron chi connectivity index (χ3n) is 2.36. The molecule has 0 spiro atoms. The Hall–Kier alpha value is -2.24. The highest BCUT2D eigenvalue weighted by Crippen LogP contribution is 2.35. The van der Waals surface area contributed by atoms with Gasteiger partial charge in [0.25, 0.3) is 0 Å². The van der Waals surface area contributed by atoms with E-state index in [9.17, 15) is 17.6 Å². The quantitative estimate of drug-likeness (QED) is 0.655. The van der Waals surface area contributed by atoms with Crippen LogP contribution in [0.25, 0.3) is 0 Å². The molecule has 0 amide bonds. The molecule has 19 heavy (non-hydrogen) atoms. The van der Waals surface area contributed by atoms with Crippen LogP contribution >= 0.6 is 0 Å². The van der Waals surface area contributed by atoms with E-state index in [0.29, 0.717) is 0 Å². The number of hydrogen-bond donors (Lipinski definition) is 1. The summed E-state index contributed by atoms with van der Waals surface area (Å²) in [5, 5.41) is 0. The van der Waals surface area contributed by atoms with E-state index in [0.717, 1.165) is 24.3 Å². The number of nitrogens with two attached hydrogens (primary N) is 1. The first kappa shape index (κ1) is 13.2. The maximum Gasteiger partial charge on any atom is 0.416 e. The Morgan fingerprint density at radius 3 is 2.37 bits per heavy atom. The summed E-state index contributed by atoms with van der Waals surface area (Å²) in [6, 6.07) is 7.78. The molecule has 2 aromatic rings. The predicted octanol–water partition coefficient (Wildman–Crippen LogP) is 4.22. The zero-order chi connectivity index (χ0) is 14.0. The van der Waals surface area contributed by atoms with E-state index in [2.05, 4.69) is 0 Å². The van der Waals surface area contributed by atoms with E-state index in [4.69, 9.17) is 10.5 Å². The standard InChI is InChI=1S/C13H9F4NO/c14-9-2-1-3-10(7-9)19-12-6-8(13(15,16)17)4-5-11(12)18/h1-7H,18H2. The van der Waals surface area contributed by atoms with Gasteiger partial charge in [0.2, 0.25) is 0 Å². The number of hydrogen-bond acceptors (Lipinski definition) is 2. The second-order valence-corrected chi connectivity index (χ2v) is 3.81. The van der Waals surface area contributed by atoms with Gasteiger partial charge in [-0.05, 0) is 30.3 Å². The highest BCUT2D eigenvalue weighted by atomic mass is 19.4. The number of ether oxygens (including phenoxy) is 1. The number of benzene rings is 2. The van der Waals surface area contributed by atoms with E-state index in [1.54, 1.807) is 0 Å². The number of alkyl halides is 3. The van der Waals surface area contributed by atoms with Gasteiger partial charge in [0.1, 0.15) is 11.6 Å². The van der Waals surface area contributed by atoms with Gasteiger partial charge in [0.15, 0.2) is 5.75 Å². The van der Waals surface area contributed by atoms with Gasteiger partial charge in [-0.1, -0.05) is 6.07 Å². The smallest absolute Gasteiger partial charge is 0.416 e. The molecule has 0 bridgehead atoms. The monoisotopic (exact) mass is 271 g/mol. The normalized spacial score (nSPS) is 11.4. The highest BCUT2D eigenvalue weighted by Gasteiger charge is 2.31. The third kappa shape index (κ3) is 3.15. The van der Waals surface area contributed by atoms with Crippen LogP contribution in [0.2, 0.25) is 0 Å². The minimum atomic E-state index is -4.49. The largest absolute Gasteiger partial charge is 0.455 e. The van der Waals surface area contributed by atoms with E-state index < -0.39 is 17.6 Å². The lowest BCUT2D eigenvalue weighted by Gasteiger charge is -2.12. The molecule has 0 fully saturated rings. The van der Waals surface area contributed by atoms with E-state index in [1.165, 1.54) is 18.2 Å². The molecule has 0 aliphatic heterocycles. The van der Waals surface area contributed by atoms with Crippen LogP contribution in [-0.4, -0.2) is 0 Å². The summed E-state index contributed by atoms with van der Waals surface area (Å²) in [4.78, 5) is 0. The van der Waals surface area contributed by atoms with E-state index >= 15 is 0 Å². The van der Waals surface area contributed by atoms with Crippen LogP contribution in [-0.2, 0) is 6.18 Å². The molecule has 100 valence electrons. The van der Waals surface area contributed by atoms with Crippen LogP contribution in [0.5, 0.6) is 11.5 Å². The fraction of sp³-hybridized carbons (Fsp3) is 0.0769. The lowest BCUT2D eigenvalue weighted by atomic mass is 10.2. The Morgan fingerprint density at radius 1 is 1.00 bits per heavy atom. The first-order chi connectivity index (χ1) is 8.86. The predicted molar refractivity (Wildman–Crippen MR) is 62.3 cm³/mol. The summed E-state index contributed by atoms with van der Waals surface area (Å²) in [5.74, 6) is -0.644. The van der Waals surface area contributed by atoms with Crippen molar-refractivity contribution < 1.29 is 22.3 Å². The van der Waals surface area contributed by atoms with Crippen molar-refractivity contribution in [2.45, 2.75) is 6.18 Å². The molecular formula is C13H9F4NO. The van der Waals surface area contributed by atoms with Crippen molar-refractivity contribution in [1.82, 2.24) is 0 Å². The lowest BCUT2D eigenvalue weighted by Crippen LogP contribution is -2.05. The number of nitrogen functional groups attached to an aromatic ring is 1. The van der Waals surface area contributed by atoms with Crippen LogP contribution in [0.15, 0.2) is 42.5 Å². The van der Waals surface area contributed by atoms with Gasteiger partial charge < -0.3 is 10.5 Å². The molecule has 2 aromatic carbocycles. The molecule has 0 saturated carbocycles. The van der Waals surface area contributed by atoms with E-state index in [-0.39, 0.29) is 17.2 Å². The second-order valence-electron chi connectivity index (χ2n) is 3.81. The molecule has 0 aliphatic rings. The Kier molecular flexibility index (Phi) is 3.33. The van der Waals surface area contributed by atoms with Crippen molar-refractivity contribution in [3.05, 3.63) is 53.8 Å². The minimum Gasteiger partial charge on any atom is -0.455 e. The summed E-state index contributed by atoms with van der Waals surface area (Å²) in [7, 11) is 0.